The van der Waals surface area contributed by atoms with Gasteiger partial charge in [-0.15, -0.1) is 14.8 Å². The third-order valence-electron chi connectivity index (χ3n) is 1.90. The predicted molar refractivity (Wildman–Crippen MR) is 61.9 cm³/mol. The first-order valence-electron chi connectivity index (χ1n) is 5.28. The number of carbonyl (C=O) groups is 1. The van der Waals surface area contributed by atoms with Crippen LogP contribution >= 0.6 is 0 Å². The number of tetrazole rings is 1. The van der Waals surface area contributed by atoms with Gasteiger partial charge in [0.15, 0.2) is 11.5 Å². The van der Waals surface area contributed by atoms with Crippen LogP contribution in [0.2, 0.25) is 0 Å². The van der Waals surface area contributed by atoms with E-state index in [1.165, 1.54) is 10.8 Å². The summed E-state index contributed by atoms with van der Waals surface area (Å²) in [5.74, 6) is 0.141. The summed E-state index contributed by atoms with van der Waals surface area (Å²) in [6.07, 6.45) is 1.51. The van der Waals surface area contributed by atoms with Gasteiger partial charge in [0, 0.05) is 6.21 Å². The van der Waals surface area contributed by atoms with Gasteiger partial charge in [0.25, 0.3) is 0 Å². The first kappa shape index (κ1) is 11.9. The highest BCUT2D eigenvalue weighted by molar-refractivity contribution is 5.86. The largest absolute Gasteiger partial charge is 0.466 e. The lowest BCUT2D eigenvalue weighted by Gasteiger charge is -1.98. The fourth-order valence-corrected chi connectivity index (χ4v) is 1.16. The monoisotopic (exact) mass is 249 g/mol. The van der Waals surface area contributed by atoms with Crippen molar-refractivity contribution in [1.29, 1.82) is 0 Å². The molecule has 0 aromatic carbocycles. The number of anilines is 1. The van der Waals surface area contributed by atoms with E-state index in [4.69, 9.17) is 4.74 Å². The van der Waals surface area contributed by atoms with Crippen molar-refractivity contribution in [3.63, 3.8) is 0 Å². The topological polar surface area (TPSA) is 107 Å². The van der Waals surface area contributed by atoms with Crippen LogP contribution in [0.5, 0.6) is 0 Å². The molecule has 0 fully saturated rings. The molecule has 0 saturated carbocycles. The second-order valence-corrected chi connectivity index (χ2v) is 3.18. The van der Waals surface area contributed by atoms with E-state index in [-0.39, 0.29) is 12.4 Å². The lowest BCUT2D eigenvalue weighted by molar-refractivity contribution is -0.141. The smallest absolute Gasteiger partial charge is 0.311 e. The Hall–Kier alpha value is -2.58. The van der Waals surface area contributed by atoms with Gasteiger partial charge in [-0.25, -0.2) is 0 Å². The highest BCUT2D eigenvalue weighted by Gasteiger charge is 1.99. The summed E-state index contributed by atoms with van der Waals surface area (Å²) in [5.41, 5.74) is 3.20. The summed E-state index contributed by atoms with van der Waals surface area (Å²) in [6.45, 7) is 2.11. The summed E-state index contributed by atoms with van der Waals surface area (Å²) in [4.78, 5) is 11.0. The van der Waals surface area contributed by atoms with Crippen molar-refractivity contribution in [2.45, 2.75) is 13.3 Å². The van der Waals surface area contributed by atoms with Crippen LogP contribution in [-0.2, 0) is 9.53 Å². The molecule has 18 heavy (non-hydrogen) atoms. The molecule has 0 bridgehead atoms. The van der Waals surface area contributed by atoms with E-state index in [1.807, 2.05) is 0 Å². The number of hydrogen-bond acceptors (Lipinski definition) is 8. The average molecular weight is 249 g/mol. The van der Waals surface area contributed by atoms with Gasteiger partial charge in [0.05, 0.1) is 13.0 Å². The number of ether oxygens (including phenoxy) is 1. The standard InChI is InChI=1S/C9H11N7O2/c1-2-18-9(17)5-6-10-11-7-3-4-8-12-14-15-16(8)13-7/h3-4,6H,2,5H2,1H3,(H,11,13). The number of aromatic nitrogens is 5. The van der Waals surface area contributed by atoms with Crippen LogP contribution in [0.25, 0.3) is 5.65 Å². The number of hydrazone groups is 1. The minimum Gasteiger partial charge on any atom is -0.466 e. The van der Waals surface area contributed by atoms with Crippen LogP contribution < -0.4 is 5.43 Å². The Morgan fingerprint density at radius 2 is 2.50 bits per heavy atom. The zero-order valence-electron chi connectivity index (χ0n) is 9.65. The maximum Gasteiger partial charge on any atom is 0.311 e. The van der Waals surface area contributed by atoms with Gasteiger partial charge in [0.2, 0.25) is 0 Å². The number of nitrogens with one attached hydrogen (secondary N) is 1. The van der Waals surface area contributed by atoms with Gasteiger partial charge in [0.1, 0.15) is 0 Å². The predicted octanol–water partition coefficient (Wildman–Crippen LogP) is -0.130. The van der Waals surface area contributed by atoms with Crippen LogP contribution in [0.15, 0.2) is 17.2 Å². The summed E-state index contributed by atoms with van der Waals surface area (Å²) < 4.78 is 6.00. The lowest BCUT2D eigenvalue weighted by Crippen LogP contribution is -2.05. The maximum atomic E-state index is 11.0. The van der Waals surface area contributed by atoms with E-state index in [1.54, 1.807) is 19.1 Å². The van der Waals surface area contributed by atoms with Crippen molar-refractivity contribution in [3.8, 4) is 0 Å². The van der Waals surface area contributed by atoms with Crippen molar-refractivity contribution in [2.75, 3.05) is 12.0 Å². The number of hydrogen-bond donors (Lipinski definition) is 1. The van der Waals surface area contributed by atoms with E-state index in [0.29, 0.717) is 18.1 Å². The number of esters is 1. The highest BCUT2D eigenvalue weighted by Crippen LogP contribution is 2.02. The molecule has 0 saturated heterocycles. The number of fused-ring (bicyclic) bond motifs is 1. The molecule has 0 amide bonds. The Morgan fingerprint density at radius 3 is 3.33 bits per heavy atom. The fraction of sp³-hybridized carbons (Fsp3) is 0.333. The molecule has 0 atom stereocenters. The molecule has 2 aromatic heterocycles. The van der Waals surface area contributed by atoms with E-state index >= 15 is 0 Å². The van der Waals surface area contributed by atoms with E-state index in [2.05, 4.69) is 31.2 Å². The molecular formula is C9H11N7O2. The Labute approximate surface area is 102 Å². The van der Waals surface area contributed by atoms with Crippen LogP contribution in [0.3, 0.4) is 0 Å². The van der Waals surface area contributed by atoms with Gasteiger partial charge in [-0.05, 0) is 29.5 Å². The van der Waals surface area contributed by atoms with Crippen molar-refractivity contribution >= 4 is 23.6 Å². The third-order valence-corrected chi connectivity index (χ3v) is 1.90. The van der Waals surface area contributed by atoms with Gasteiger partial charge in [-0.3, -0.25) is 10.2 Å². The Bertz CT molecular complexity index is 565. The quantitative estimate of drug-likeness (QED) is 0.446. The molecule has 2 rings (SSSR count). The first-order chi connectivity index (χ1) is 8.79. The van der Waals surface area contributed by atoms with E-state index in [0.717, 1.165) is 0 Å². The van der Waals surface area contributed by atoms with Crippen molar-refractivity contribution in [3.05, 3.63) is 12.1 Å². The normalized spacial score (nSPS) is 10.9. The first-order valence-corrected chi connectivity index (χ1v) is 5.28. The molecule has 0 spiro atoms. The van der Waals surface area contributed by atoms with Crippen molar-refractivity contribution < 1.29 is 9.53 Å². The molecule has 2 heterocycles. The zero-order chi connectivity index (χ0) is 12.8. The summed E-state index contributed by atoms with van der Waals surface area (Å²) >= 11 is 0. The van der Waals surface area contributed by atoms with Crippen molar-refractivity contribution in [1.82, 2.24) is 25.3 Å². The Morgan fingerprint density at radius 1 is 1.61 bits per heavy atom. The third kappa shape index (κ3) is 2.97. The van der Waals surface area contributed by atoms with Crippen LogP contribution in [0.1, 0.15) is 13.3 Å². The molecule has 0 aliphatic carbocycles. The summed E-state index contributed by atoms with van der Waals surface area (Å²) in [6, 6.07) is 3.36. The lowest BCUT2D eigenvalue weighted by atomic mass is 10.5. The van der Waals surface area contributed by atoms with Gasteiger partial charge >= 0.3 is 5.97 Å². The molecule has 94 valence electrons. The second-order valence-electron chi connectivity index (χ2n) is 3.18. The van der Waals surface area contributed by atoms with E-state index in [9.17, 15) is 4.79 Å². The Balaban J connectivity index is 1.89. The van der Waals surface area contributed by atoms with Crippen molar-refractivity contribution in [2.24, 2.45) is 5.10 Å². The molecule has 9 heteroatoms. The Kier molecular flexibility index (Phi) is 3.74. The summed E-state index contributed by atoms with van der Waals surface area (Å²) in [5, 5.41) is 18.7. The minimum absolute atomic E-state index is 0.105. The highest BCUT2D eigenvalue weighted by atomic mass is 16.5. The number of carbonyl (C=O) groups excluding carboxylic acids is 1. The fourth-order valence-electron chi connectivity index (χ4n) is 1.16. The number of rotatable bonds is 5. The van der Waals surface area contributed by atoms with Gasteiger partial charge in [-0.2, -0.15) is 5.10 Å². The summed E-state index contributed by atoms with van der Waals surface area (Å²) in [7, 11) is 0. The molecule has 0 unspecified atom stereocenters. The zero-order valence-corrected chi connectivity index (χ0v) is 9.65. The average Bonchev–Trinajstić information content (AvgIpc) is 2.82. The SMILES string of the molecule is CCOC(=O)CC=NNc1ccc2nnnn2n1. The van der Waals surface area contributed by atoms with Crippen LogP contribution in [-0.4, -0.2) is 44.0 Å². The molecular weight excluding hydrogens is 238 g/mol. The van der Waals surface area contributed by atoms with E-state index < -0.39 is 0 Å². The number of nitrogens with zero attached hydrogens (tertiary/aromatic N) is 6. The van der Waals surface area contributed by atoms with Gasteiger partial charge in [-0.1, -0.05) is 0 Å². The molecule has 0 aliphatic rings. The molecule has 1 N–H and O–H groups in total. The van der Waals surface area contributed by atoms with Crippen LogP contribution in [0.4, 0.5) is 5.82 Å². The van der Waals surface area contributed by atoms with Crippen LogP contribution in [0, 0.1) is 0 Å². The molecule has 9 nitrogen and oxygen atoms in total. The second kappa shape index (κ2) is 5.66. The maximum absolute atomic E-state index is 11.0. The minimum atomic E-state index is -0.327. The molecule has 0 aliphatic heterocycles. The molecule has 0 radical (unpaired) electrons. The molecule has 2 aromatic rings. The van der Waals surface area contributed by atoms with Gasteiger partial charge < -0.3 is 4.74 Å².